The maximum Gasteiger partial charge on any atom is 0.313 e. The Morgan fingerprint density at radius 2 is 1.81 bits per heavy atom. The van der Waals surface area contributed by atoms with Gasteiger partial charge >= 0.3 is 11.8 Å². The van der Waals surface area contributed by atoms with Crippen LogP contribution < -0.4 is 20.1 Å². The Labute approximate surface area is 154 Å². The van der Waals surface area contributed by atoms with Gasteiger partial charge in [0.1, 0.15) is 13.2 Å². The van der Waals surface area contributed by atoms with Crippen molar-refractivity contribution in [1.82, 2.24) is 5.32 Å². The zero-order valence-corrected chi connectivity index (χ0v) is 15.0. The lowest BCUT2D eigenvalue weighted by molar-refractivity contribution is -0.136. The van der Waals surface area contributed by atoms with Crippen LogP contribution in [0.5, 0.6) is 11.5 Å². The molecule has 8 heteroatoms. The summed E-state index contributed by atoms with van der Waals surface area (Å²) >= 11 is 1.39. The second kappa shape index (κ2) is 8.01. The fourth-order valence-corrected chi connectivity index (χ4v) is 3.29. The number of nitrogens with one attached hydrogen (secondary N) is 2. The van der Waals surface area contributed by atoms with E-state index in [2.05, 4.69) is 10.6 Å². The first-order valence-electron chi connectivity index (χ1n) is 8.11. The summed E-state index contributed by atoms with van der Waals surface area (Å²) in [6.07, 6.45) is 0.557. The Bertz CT molecular complexity index is 846. The molecular formula is C18H18N2O5S. The number of ketones is 1. The average Bonchev–Trinajstić information content (AvgIpc) is 3.10. The molecule has 1 aliphatic rings. The van der Waals surface area contributed by atoms with Crippen molar-refractivity contribution in [2.24, 2.45) is 0 Å². The molecule has 3 rings (SSSR count). The number of ether oxygens (including phenoxy) is 2. The molecule has 0 fully saturated rings. The SMILES string of the molecule is CC(=O)c1ccc(CCNC(=O)C(=O)Nc2ccc3c(c2)OCCO3)s1. The van der Waals surface area contributed by atoms with E-state index in [-0.39, 0.29) is 5.78 Å². The summed E-state index contributed by atoms with van der Waals surface area (Å²) < 4.78 is 10.8. The fraction of sp³-hybridized carbons (Fsp3) is 0.278. The number of hydrogen-bond acceptors (Lipinski definition) is 6. The van der Waals surface area contributed by atoms with Gasteiger partial charge in [0, 0.05) is 23.2 Å². The molecule has 2 amide bonds. The van der Waals surface area contributed by atoms with Gasteiger partial charge in [-0.05, 0) is 37.6 Å². The van der Waals surface area contributed by atoms with Crippen molar-refractivity contribution in [2.75, 3.05) is 25.1 Å². The molecule has 0 atom stereocenters. The van der Waals surface area contributed by atoms with Crippen LogP contribution in [0.1, 0.15) is 21.5 Å². The number of carbonyl (C=O) groups excluding carboxylic acids is 3. The molecule has 136 valence electrons. The lowest BCUT2D eigenvalue weighted by atomic mass is 10.2. The first-order chi connectivity index (χ1) is 12.5. The number of carbonyl (C=O) groups is 3. The van der Waals surface area contributed by atoms with E-state index < -0.39 is 11.8 Å². The van der Waals surface area contributed by atoms with E-state index in [1.165, 1.54) is 18.3 Å². The third-order valence-electron chi connectivity index (χ3n) is 3.67. The lowest BCUT2D eigenvalue weighted by Gasteiger charge is -2.18. The monoisotopic (exact) mass is 374 g/mol. The summed E-state index contributed by atoms with van der Waals surface area (Å²) in [6.45, 7) is 2.75. The highest BCUT2D eigenvalue weighted by atomic mass is 32.1. The predicted octanol–water partition coefficient (Wildman–Crippen LogP) is 2.02. The van der Waals surface area contributed by atoms with E-state index in [9.17, 15) is 14.4 Å². The minimum absolute atomic E-state index is 0.0177. The molecule has 2 aromatic rings. The van der Waals surface area contributed by atoms with Crippen LogP contribution in [0, 0.1) is 0 Å². The molecule has 1 aromatic carbocycles. The topological polar surface area (TPSA) is 93.7 Å². The molecule has 1 aliphatic heterocycles. The third-order valence-corrected chi connectivity index (χ3v) is 4.92. The quantitative estimate of drug-likeness (QED) is 0.617. The van der Waals surface area contributed by atoms with Crippen molar-refractivity contribution in [2.45, 2.75) is 13.3 Å². The van der Waals surface area contributed by atoms with E-state index in [1.807, 2.05) is 6.07 Å². The minimum atomic E-state index is -0.753. The average molecular weight is 374 g/mol. The van der Waals surface area contributed by atoms with Crippen molar-refractivity contribution in [3.8, 4) is 11.5 Å². The maximum atomic E-state index is 12.0. The molecule has 0 radical (unpaired) electrons. The molecule has 0 saturated carbocycles. The number of benzene rings is 1. The molecular weight excluding hydrogens is 356 g/mol. The van der Waals surface area contributed by atoms with E-state index in [0.717, 1.165) is 4.88 Å². The van der Waals surface area contributed by atoms with Gasteiger partial charge in [-0.15, -0.1) is 11.3 Å². The van der Waals surface area contributed by atoms with Gasteiger partial charge < -0.3 is 20.1 Å². The van der Waals surface area contributed by atoms with E-state index in [1.54, 1.807) is 24.3 Å². The normalized spacial score (nSPS) is 12.3. The van der Waals surface area contributed by atoms with Gasteiger partial charge in [-0.3, -0.25) is 14.4 Å². The van der Waals surface area contributed by atoms with Gasteiger partial charge in [-0.25, -0.2) is 0 Å². The fourth-order valence-electron chi connectivity index (χ4n) is 2.39. The van der Waals surface area contributed by atoms with Crippen molar-refractivity contribution in [1.29, 1.82) is 0 Å². The predicted molar refractivity (Wildman–Crippen MR) is 97.1 cm³/mol. The standard InChI is InChI=1S/C18H18N2O5S/c1-11(21)16-5-3-13(26-16)6-7-19-17(22)18(23)20-12-2-4-14-15(10-12)25-9-8-24-14/h2-5,10H,6-9H2,1H3,(H,19,22)(H,20,23). The molecule has 26 heavy (non-hydrogen) atoms. The smallest absolute Gasteiger partial charge is 0.313 e. The van der Waals surface area contributed by atoms with Gasteiger partial charge in [0.25, 0.3) is 0 Å². The van der Waals surface area contributed by atoms with Gasteiger partial charge in [0.15, 0.2) is 17.3 Å². The van der Waals surface area contributed by atoms with Crippen LogP contribution in [0.25, 0.3) is 0 Å². The number of fused-ring (bicyclic) bond motifs is 1. The Morgan fingerprint density at radius 3 is 2.54 bits per heavy atom. The highest BCUT2D eigenvalue weighted by molar-refractivity contribution is 7.14. The molecule has 0 bridgehead atoms. The number of anilines is 1. The maximum absolute atomic E-state index is 12.0. The summed E-state index contributed by atoms with van der Waals surface area (Å²) in [4.78, 5) is 36.8. The second-order valence-electron chi connectivity index (χ2n) is 5.64. The van der Waals surface area contributed by atoms with Crippen LogP contribution in [-0.2, 0) is 16.0 Å². The highest BCUT2D eigenvalue weighted by Gasteiger charge is 2.16. The summed E-state index contributed by atoms with van der Waals surface area (Å²) in [5, 5.41) is 5.10. The number of hydrogen-bond donors (Lipinski definition) is 2. The Hall–Kier alpha value is -2.87. The van der Waals surface area contributed by atoms with Crippen molar-refractivity contribution in [3.05, 3.63) is 40.1 Å². The van der Waals surface area contributed by atoms with Gasteiger partial charge in [0.05, 0.1) is 4.88 Å². The zero-order chi connectivity index (χ0) is 18.5. The van der Waals surface area contributed by atoms with Gasteiger partial charge in [0.2, 0.25) is 0 Å². The summed E-state index contributed by atoms with van der Waals surface area (Å²) in [5.41, 5.74) is 0.457. The number of Topliss-reactive ketones (excluding diaryl/α,β-unsaturated/α-hetero) is 1. The highest BCUT2D eigenvalue weighted by Crippen LogP contribution is 2.32. The molecule has 0 spiro atoms. The Kier molecular flexibility index (Phi) is 5.52. The zero-order valence-electron chi connectivity index (χ0n) is 14.2. The first kappa shape index (κ1) is 17.9. The molecule has 0 unspecified atom stereocenters. The summed E-state index contributed by atoms with van der Waals surface area (Å²) in [5.74, 6) is -0.308. The summed E-state index contributed by atoms with van der Waals surface area (Å²) in [6, 6.07) is 8.56. The Balaban J connectivity index is 1.48. The number of rotatable bonds is 5. The number of amides is 2. The van der Waals surface area contributed by atoms with Crippen LogP contribution in [0.4, 0.5) is 5.69 Å². The lowest BCUT2D eigenvalue weighted by Crippen LogP contribution is -2.36. The second-order valence-corrected chi connectivity index (χ2v) is 6.81. The van der Waals surface area contributed by atoms with Crippen LogP contribution in [-0.4, -0.2) is 37.4 Å². The third kappa shape index (κ3) is 4.40. The van der Waals surface area contributed by atoms with Gasteiger partial charge in [-0.1, -0.05) is 0 Å². The Morgan fingerprint density at radius 1 is 1.04 bits per heavy atom. The van der Waals surface area contributed by atoms with Gasteiger partial charge in [-0.2, -0.15) is 0 Å². The van der Waals surface area contributed by atoms with Crippen LogP contribution in [0.3, 0.4) is 0 Å². The van der Waals surface area contributed by atoms with Crippen LogP contribution >= 0.6 is 11.3 Å². The van der Waals surface area contributed by atoms with Crippen molar-refractivity contribution >= 4 is 34.6 Å². The molecule has 2 N–H and O–H groups in total. The molecule has 7 nitrogen and oxygen atoms in total. The largest absolute Gasteiger partial charge is 0.486 e. The molecule has 0 aliphatic carbocycles. The van der Waals surface area contributed by atoms with E-state index in [4.69, 9.17) is 9.47 Å². The van der Waals surface area contributed by atoms with Crippen LogP contribution in [0.15, 0.2) is 30.3 Å². The van der Waals surface area contributed by atoms with E-state index >= 15 is 0 Å². The van der Waals surface area contributed by atoms with Crippen molar-refractivity contribution < 1.29 is 23.9 Å². The minimum Gasteiger partial charge on any atom is -0.486 e. The molecule has 2 heterocycles. The first-order valence-corrected chi connectivity index (χ1v) is 8.93. The van der Waals surface area contributed by atoms with Crippen LogP contribution in [0.2, 0.25) is 0 Å². The summed E-state index contributed by atoms with van der Waals surface area (Å²) in [7, 11) is 0. The van der Waals surface area contributed by atoms with E-state index in [0.29, 0.717) is 48.2 Å². The molecule has 1 aromatic heterocycles. The van der Waals surface area contributed by atoms with Crippen molar-refractivity contribution in [3.63, 3.8) is 0 Å². The molecule has 0 saturated heterocycles. The number of thiophene rings is 1.